The van der Waals surface area contributed by atoms with Crippen LogP contribution in [0.2, 0.25) is 10.0 Å². The molecule has 2 aromatic heterocycles. The Morgan fingerprint density at radius 2 is 1.96 bits per heavy atom. The molecular weight excluding hydrogens is 381 g/mol. The summed E-state index contributed by atoms with van der Waals surface area (Å²) in [5.74, 6) is -1.05. The van der Waals surface area contributed by atoms with Crippen molar-refractivity contribution in [3.63, 3.8) is 0 Å². The van der Waals surface area contributed by atoms with E-state index in [9.17, 15) is 9.59 Å². The van der Waals surface area contributed by atoms with E-state index >= 15 is 0 Å². The fourth-order valence-electron chi connectivity index (χ4n) is 2.27. The summed E-state index contributed by atoms with van der Waals surface area (Å²) in [5, 5.41) is 5.63. The summed E-state index contributed by atoms with van der Waals surface area (Å²) in [4.78, 5) is 28.2. The first-order valence-electron chi connectivity index (χ1n) is 7.05. The van der Waals surface area contributed by atoms with Crippen molar-refractivity contribution >= 4 is 51.4 Å². The molecule has 5 nitrogen and oxygen atoms in total. The number of rotatable bonds is 4. The van der Waals surface area contributed by atoms with Gasteiger partial charge in [0.25, 0.3) is 11.8 Å². The van der Waals surface area contributed by atoms with E-state index in [0.29, 0.717) is 31.7 Å². The standard InChI is InChI=1S/C17H11Cl2N3O2S/c18-10-3-4-11(13(19)6-10)12-8-25-17(14(12)15(20)23)22-16(24)9-2-1-5-21-7-9/h1-8H,(H2,20,23)(H,22,24). The highest BCUT2D eigenvalue weighted by Gasteiger charge is 2.21. The molecule has 0 radical (unpaired) electrons. The number of amides is 2. The van der Waals surface area contributed by atoms with Gasteiger partial charge in [0.2, 0.25) is 0 Å². The van der Waals surface area contributed by atoms with Crippen LogP contribution in [0.4, 0.5) is 5.00 Å². The van der Waals surface area contributed by atoms with Crippen molar-refractivity contribution in [1.82, 2.24) is 4.98 Å². The molecule has 3 N–H and O–H groups in total. The molecule has 8 heteroatoms. The highest BCUT2D eigenvalue weighted by molar-refractivity contribution is 7.15. The normalized spacial score (nSPS) is 10.5. The molecule has 0 spiro atoms. The molecular formula is C17H11Cl2N3O2S. The zero-order valence-electron chi connectivity index (χ0n) is 12.6. The average molecular weight is 392 g/mol. The highest BCUT2D eigenvalue weighted by Crippen LogP contribution is 2.39. The van der Waals surface area contributed by atoms with Gasteiger partial charge in [-0.15, -0.1) is 11.3 Å². The molecule has 3 aromatic rings. The lowest BCUT2D eigenvalue weighted by atomic mass is 10.0. The Labute approximate surface area is 157 Å². The van der Waals surface area contributed by atoms with Gasteiger partial charge >= 0.3 is 0 Å². The largest absolute Gasteiger partial charge is 0.365 e. The minimum atomic E-state index is -0.663. The maximum Gasteiger partial charge on any atom is 0.257 e. The van der Waals surface area contributed by atoms with E-state index in [1.807, 2.05) is 0 Å². The van der Waals surface area contributed by atoms with Gasteiger partial charge in [-0.2, -0.15) is 0 Å². The molecule has 126 valence electrons. The summed E-state index contributed by atoms with van der Waals surface area (Å²) in [6.45, 7) is 0. The molecule has 0 aliphatic rings. The van der Waals surface area contributed by atoms with Gasteiger partial charge in [0.15, 0.2) is 0 Å². The van der Waals surface area contributed by atoms with Gasteiger partial charge in [0.1, 0.15) is 5.00 Å². The molecule has 0 atom stereocenters. The number of carbonyl (C=O) groups is 2. The van der Waals surface area contributed by atoms with Gasteiger partial charge in [-0.05, 0) is 24.3 Å². The van der Waals surface area contributed by atoms with Crippen LogP contribution < -0.4 is 11.1 Å². The molecule has 25 heavy (non-hydrogen) atoms. The SMILES string of the molecule is NC(=O)c1c(-c2ccc(Cl)cc2Cl)csc1NC(=O)c1cccnc1. The molecule has 0 bridgehead atoms. The first-order valence-corrected chi connectivity index (χ1v) is 8.69. The zero-order chi connectivity index (χ0) is 18.0. The molecule has 0 fully saturated rings. The second-order valence-electron chi connectivity index (χ2n) is 5.04. The fourth-order valence-corrected chi connectivity index (χ4v) is 3.74. The van der Waals surface area contributed by atoms with Gasteiger partial charge in [0, 0.05) is 38.9 Å². The molecule has 0 saturated heterocycles. The number of nitrogens with one attached hydrogen (secondary N) is 1. The maximum absolute atomic E-state index is 12.3. The lowest BCUT2D eigenvalue weighted by Gasteiger charge is -2.08. The average Bonchev–Trinajstić information content (AvgIpc) is 2.99. The predicted octanol–water partition coefficient (Wildman–Crippen LogP) is 4.47. The van der Waals surface area contributed by atoms with Crippen LogP contribution in [0.5, 0.6) is 0 Å². The van der Waals surface area contributed by atoms with Crippen molar-refractivity contribution in [3.05, 3.63) is 69.3 Å². The van der Waals surface area contributed by atoms with Gasteiger partial charge in [-0.3, -0.25) is 14.6 Å². The van der Waals surface area contributed by atoms with E-state index in [-0.39, 0.29) is 11.5 Å². The monoisotopic (exact) mass is 391 g/mol. The van der Waals surface area contributed by atoms with E-state index < -0.39 is 5.91 Å². The van der Waals surface area contributed by atoms with Crippen LogP contribution in [0.1, 0.15) is 20.7 Å². The Kier molecular flexibility index (Phi) is 5.03. The summed E-state index contributed by atoms with van der Waals surface area (Å²) in [5.41, 5.74) is 7.25. The number of nitrogens with zero attached hydrogens (tertiary/aromatic N) is 1. The molecule has 2 heterocycles. The minimum absolute atomic E-state index is 0.200. The predicted molar refractivity (Wildman–Crippen MR) is 100 cm³/mol. The molecule has 1 aromatic carbocycles. The van der Waals surface area contributed by atoms with Gasteiger partial charge < -0.3 is 11.1 Å². The van der Waals surface area contributed by atoms with Gasteiger partial charge in [-0.25, -0.2) is 0 Å². The van der Waals surface area contributed by atoms with Crippen molar-refractivity contribution in [2.45, 2.75) is 0 Å². The number of halogens is 2. The van der Waals surface area contributed by atoms with Crippen molar-refractivity contribution in [2.24, 2.45) is 5.73 Å². The van der Waals surface area contributed by atoms with Gasteiger partial charge in [-0.1, -0.05) is 29.3 Å². The zero-order valence-corrected chi connectivity index (χ0v) is 15.0. The topological polar surface area (TPSA) is 85.1 Å². The smallest absolute Gasteiger partial charge is 0.257 e. The molecule has 3 rings (SSSR count). The second-order valence-corrected chi connectivity index (χ2v) is 6.76. The van der Waals surface area contributed by atoms with E-state index in [0.717, 1.165) is 0 Å². The summed E-state index contributed by atoms with van der Waals surface area (Å²) in [6, 6.07) is 8.22. The van der Waals surface area contributed by atoms with Crippen LogP contribution in [0, 0.1) is 0 Å². The number of hydrogen-bond acceptors (Lipinski definition) is 4. The number of pyridine rings is 1. The molecule has 0 saturated carbocycles. The van der Waals surface area contributed by atoms with Crippen LogP contribution >= 0.6 is 34.5 Å². The number of nitrogens with two attached hydrogens (primary N) is 1. The molecule has 0 unspecified atom stereocenters. The van der Waals surface area contributed by atoms with Crippen LogP contribution in [-0.4, -0.2) is 16.8 Å². The number of anilines is 1. The van der Waals surface area contributed by atoms with E-state index in [2.05, 4.69) is 10.3 Å². The molecule has 2 amide bonds. The summed E-state index contributed by atoms with van der Waals surface area (Å²) < 4.78 is 0. The summed E-state index contributed by atoms with van der Waals surface area (Å²) in [6.07, 6.45) is 3.00. The Morgan fingerprint density at radius 1 is 1.16 bits per heavy atom. The molecule has 0 aliphatic heterocycles. The van der Waals surface area contributed by atoms with Crippen molar-refractivity contribution in [2.75, 3.05) is 5.32 Å². The van der Waals surface area contributed by atoms with E-state index in [4.69, 9.17) is 28.9 Å². The van der Waals surface area contributed by atoms with E-state index in [1.165, 1.54) is 17.5 Å². The number of benzene rings is 1. The molecule has 0 aliphatic carbocycles. The third-order valence-corrected chi connectivity index (χ3v) is 4.85. The lowest BCUT2D eigenvalue weighted by Crippen LogP contribution is -2.17. The third-order valence-electron chi connectivity index (χ3n) is 3.41. The van der Waals surface area contributed by atoms with Crippen LogP contribution in [0.25, 0.3) is 11.1 Å². The number of hydrogen-bond donors (Lipinski definition) is 2. The number of aromatic nitrogens is 1. The minimum Gasteiger partial charge on any atom is -0.365 e. The first kappa shape index (κ1) is 17.4. The Balaban J connectivity index is 2.01. The second kappa shape index (κ2) is 7.23. The lowest BCUT2D eigenvalue weighted by molar-refractivity contribution is 0.100. The van der Waals surface area contributed by atoms with Crippen molar-refractivity contribution < 1.29 is 9.59 Å². The number of carbonyl (C=O) groups excluding carboxylic acids is 2. The third kappa shape index (κ3) is 3.66. The fraction of sp³-hybridized carbons (Fsp3) is 0. The highest BCUT2D eigenvalue weighted by atomic mass is 35.5. The first-order chi connectivity index (χ1) is 12.0. The van der Waals surface area contributed by atoms with Crippen LogP contribution in [0.3, 0.4) is 0 Å². The Bertz CT molecular complexity index is 958. The van der Waals surface area contributed by atoms with Crippen molar-refractivity contribution in [3.8, 4) is 11.1 Å². The Hall–Kier alpha value is -2.41. The quantitative estimate of drug-likeness (QED) is 0.687. The van der Waals surface area contributed by atoms with Gasteiger partial charge in [0.05, 0.1) is 11.1 Å². The van der Waals surface area contributed by atoms with Crippen molar-refractivity contribution in [1.29, 1.82) is 0 Å². The number of primary amides is 1. The van der Waals surface area contributed by atoms with Crippen LogP contribution in [-0.2, 0) is 0 Å². The van der Waals surface area contributed by atoms with E-state index in [1.54, 1.807) is 41.9 Å². The Morgan fingerprint density at radius 3 is 2.60 bits per heavy atom. The maximum atomic E-state index is 12.3. The number of thiophene rings is 1. The summed E-state index contributed by atoms with van der Waals surface area (Å²) >= 11 is 13.3. The summed E-state index contributed by atoms with van der Waals surface area (Å²) in [7, 11) is 0. The van der Waals surface area contributed by atoms with Crippen LogP contribution in [0.15, 0.2) is 48.1 Å².